The van der Waals surface area contributed by atoms with Crippen molar-refractivity contribution in [2.75, 3.05) is 6.61 Å². The smallest absolute Gasteiger partial charge is 0.109 e. The summed E-state index contributed by atoms with van der Waals surface area (Å²) in [6, 6.07) is 0. The summed E-state index contributed by atoms with van der Waals surface area (Å²) in [6.07, 6.45) is 5.72. The Labute approximate surface area is 141 Å². The first-order valence-corrected chi connectivity index (χ1v) is 9.28. The molecule has 3 nitrogen and oxygen atoms in total. The molecular weight excluding hydrogens is 288 g/mol. The molecule has 2 saturated carbocycles. The van der Waals surface area contributed by atoms with Crippen LogP contribution in [-0.4, -0.2) is 34.6 Å². The predicted molar refractivity (Wildman–Crippen MR) is 92.1 cm³/mol. The minimum atomic E-state index is -0.730. The van der Waals surface area contributed by atoms with Gasteiger partial charge in [0.25, 0.3) is 0 Å². The second-order valence-electron chi connectivity index (χ2n) is 9.53. The number of epoxide rings is 1. The molecule has 3 fully saturated rings. The van der Waals surface area contributed by atoms with Gasteiger partial charge in [0.1, 0.15) is 6.10 Å². The van der Waals surface area contributed by atoms with Gasteiger partial charge in [0.05, 0.1) is 18.3 Å². The van der Waals surface area contributed by atoms with Gasteiger partial charge in [-0.05, 0) is 61.7 Å². The van der Waals surface area contributed by atoms with E-state index in [9.17, 15) is 10.2 Å². The highest BCUT2D eigenvalue weighted by Gasteiger charge is 2.56. The Kier molecular flexibility index (Phi) is 4.23. The number of hydrogen-bond donors (Lipinski definition) is 2. The van der Waals surface area contributed by atoms with Gasteiger partial charge in [0, 0.05) is 0 Å². The molecule has 0 spiro atoms. The van der Waals surface area contributed by atoms with Gasteiger partial charge in [0.15, 0.2) is 0 Å². The molecule has 23 heavy (non-hydrogen) atoms. The third kappa shape index (κ3) is 3.01. The molecule has 1 heterocycles. The lowest BCUT2D eigenvalue weighted by Crippen LogP contribution is -2.55. The Morgan fingerprint density at radius 2 is 1.96 bits per heavy atom. The highest BCUT2D eigenvalue weighted by Crippen LogP contribution is 2.62. The zero-order valence-electron chi connectivity index (χ0n) is 15.3. The van der Waals surface area contributed by atoms with Crippen molar-refractivity contribution in [2.24, 2.45) is 22.7 Å². The van der Waals surface area contributed by atoms with E-state index in [0.717, 1.165) is 25.7 Å². The summed E-state index contributed by atoms with van der Waals surface area (Å²) in [4.78, 5) is 0. The largest absolute Gasteiger partial charge is 0.392 e. The zero-order chi connectivity index (χ0) is 17.0. The van der Waals surface area contributed by atoms with Crippen LogP contribution in [0.3, 0.4) is 0 Å². The Bertz CT molecular complexity index is 477. The van der Waals surface area contributed by atoms with Crippen molar-refractivity contribution >= 4 is 0 Å². The molecule has 6 atom stereocenters. The average Bonchev–Trinajstić information content (AvgIpc) is 3.20. The first-order valence-electron chi connectivity index (χ1n) is 9.28. The van der Waals surface area contributed by atoms with Crippen LogP contribution in [0.15, 0.2) is 12.2 Å². The van der Waals surface area contributed by atoms with E-state index in [4.69, 9.17) is 4.74 Å². The molecule has 0 aromatic rings. The highest BCUT2D eigenvalue weighted by atomic mass is 16.6. The van der Waals surface area contributed by atoms with Crippen LogP contribution in [0.4, 0.5) is 0 Å². The van der Waals surface area contributed by atoms with Gasteiger partial charge in [0.2, 0.25) is 0 Å². The molecule has 1 aliphatic heterocycles. The summed E-state index contributed by atoms with van der Waals surface area (Å²) in [5.41, 5.74) is 0.720. The quantitative estimate of drug-likeness (QED) is 0.613. The Morgan fingerprint density at radius 3 is 2.57 bits per heavy atom. The zero-order valence-corrected chi connectivity index (χ0v) is 15.3. The molecule has 2 aliphatic carbocycles. The van der Waals surface area contributed by atoms with Crippen LogP contribution in [0.25, 0.3) is 0 Å². The molecule has 0 bridgehead atoms. The van der Waals surface area contributed by atoms with Gasteiger partial charge in [-0.2, -0.15) is 0 Å². The van der Waals surface area contributed by atoms with E-state index in [-0.39, 0.29) is 23.0 Å². The molecule has 6 unspecified atom stereocenters. The number of ether oxygens (including phenoxy) is 1. The van der Waals surface area contributed by atoms with E-state index >= 15 is 0 Å². The summed E-state index contributed by atoms with van der Waals surface area (Å²) in [5.74, 6) is 0.710. The van der Waals surface area contributed by atoms with Crippen LogP contribution in [0.2, 0.25) is 0 Å². The SMILES string of the molecule is C=C1CC(O)C2C(C)(C)CCCC2(C)C1CCC(C)(O)C1CO1. The molecule has 0 aromatic carbocycles. The minimum Gasteiger partial charge on any atom is -0.392 e. The number of aliphatic hydroxyl groups is 2. The Morgan fingerprint density at radius 1 is 1.30 bits per heavy atom. The molecule has 0 aromatic heterocycles. The fourth-order valence-electron chi connectivity index (χ4n) is 6.01. The maximum Gasteiger partial charge on any atom is 0.109 e. The normalized spacial score (nSPS) is 45.2. The van der Waals surface area contributed by atoms with Gasteiger partial charge in [-0.25, -0.2) is 0 Å². The monoisotopic (exact) mass is 322 g/mol. The van der Waals surface area contributed by atoms with Crippen molar-refractivity contribution in [1.82, 2.24) is 0 Å². The number of fused-ring (bicyclic) bond motifs is 1. The van der Waals surface area contributed by atoms with E-state index in [0.29, 0.717) is 18.4 Å². The lowest BCUT2D eigenvalue weighted by Gasteiger charge is -2.59. The predicted octanol–water partition coefficient (Wildman–Crippen LogP) is 3.69. The van der Waals surface area contributed by atoms with Crippen LogP contribution in [0.5, 0.6) is 0 Å². The molecule has 3 heteroatoms. The van der Waals surface area contributed by atoms with Gasteiger partial charge in [-0.15, -0.1) is 0 Å². The van der Waals surface area contributed by atoms with Crippen LogP contribution in [-0.2, 0) is 4.74 Å². The third-order valence-corrected chi connectivity index (χ3v) is 7.20. The van der Waals surface area contributed by atoms with E-state index in [1.54, 1.807) is 0 Å². The van der Waals surface area contributed by atoms with Crippen LogP contribution in [0.1, 0.15) is 66.2 Å². The first kappa shape index (κ1) is 17.4. The van der Waals surface area contributed by atoms with Crippen LogP contribution >= 0.6 is 0 Å². The van der Waals surface area contributed by atoms with Crippen molar-refractivity contribution in [3.8, 4) is 0 Å². The molecule has 3 aliphatic rings. The van der Waals surface area contributed by atoms with E-state index in [2.05, 4.69) is 27.4 Å². The summed E-state index contributed by atoms with van der Waals surface area (Å²) in [6.45, 7) is 13.9. The second-order valence-corrected chi connectivity index (χ2v) is 9.53. The highest BCUT2D eigenvalue weighted by molar-refractivity contribution is 5.18. The van der Waals surface area contributed by atoms with Crippen molar-refractivity contribution < 1.29 is 14.9 Å². The lowest BCUT2D eigenvalue weighted by atomic mass is 9.46. The average molecular weight is 322 g/mol. The summed E-state index contributed by atoms with van der Waals surface area (Å²) >= 11 is 0. The van der Waals surface area contributed by atoms with Crippen LogP contribution in [0, 0.1) is 22.7 Å². The number of aliphatic hydroxyl groups excluding tert-OH is 1. The molecule has 132 valence electrons. The van der Waals surface area contributed by atoms with E-state index in [1.807, 2.05) is 6.92 Å². The lowest BCUT2D eigenvalue weighted by molar-refractivity contribution is -0.124. The Hall–Kier alpha value is -0.380. The van der Waals surface area contributed by atoms with Crippen molar-refractivity contribution in [1.29, 1.82) is 0 Å². The molecule has 2 N–H and O–H groups in total. The number of hydrogen-bond acceptors (Lipinski definition) is 3. The number of rotatable bonds is 4. The van der Waals surface area contributed by atoms with Gasteiger partial charge < -0.3 is 14.9 Å². The standard InChI is InChI=1S/C20H34O3/c1-13-11-15(21)17-18(2,3)8-6-9-19(17,4)14(13)7-10-20(5,22)16-12-23-16/h14-17,21-22H,1,6-12H2,2-5H3. The maximum atomic E-state index is 10.8. The van der Waals surface area contributed by atoms with Crippen molar-refractivity contribution in [3.63, 3.8) is 0 Å². The van der Waals surface area contributed by atoms with Gasteiger partial charge in [-0.3, -0.25) is 0 Å². The second kappa shape index (κ2) is 5.57. The summed E-state index contributed by atoms with van der Waals surface area (Å²) in [5, 5.41) is 21.4. The Balaban J connectivity index is 1.81. The molecular formula is C20H34O3. The van der Waals surface area contributed by atoms with E-state index in [1.165, 1.54) is 18.4 Å². The summed E-state index contributed by atoms with van der Waals surface area (Å²) < 4.78 is 5.31. The molecule has 3 rings (SSSR count). The van der Waals surface area contributed by atoms with E-state index < -0.39 is 5.60 Å². The fourth-order valence-corrected chi connectivity index (χ4v) is 6.01. The van der Waals surface area contributed by atoms with Crippen LogP contribution < -0.4 is 0 Å². The third-order valence-electron chi connectivity index (χ3n) is 7.20. The fraction of sp³-hybridized carbons (Fsp3) is 0.900. The molecule has 0 amide bonds. The molecule has 1 saturated heterocycles. The maximum absolute atomic E-state index is 10.8. The molecule has 0 radical (unpaired) electrons. The van der Waals surface area contributed by atoms with Crippen molar-refractivity contribution in [2.45, 2.75) is 84.0 Å². The summed E-state index contributed by atoms with van der Waals surface area (Å²) in [7, 11) is 0. The van der Waals surface area contributed by atoms with Gasteiger partial charge in [-0.1, -0.05) is 39.3 Å². The topological polar surface area (TPSA) is 53.0 Å². The minimum absolute atomic E-state index is 0.0105. The van der Waals surface area contributed by atoms with Crippen molar-refractivity contribution in [3.05, 3.63) is 12.2 Å². The first-order chi connectivity index (χ1) is 10.6. The van der Waals surface area contributed by atoms with Gasteiger partial charge >= 0.3 is 0 Å².